The van der Waals surface area contributed by atoms with Gasteiger partial charge in [-0.3, -0.25) is 0 Å². The van der Waals surface area contributed by atoms with Crippen LogP contribution in [0.4, 0.5) is 0 Å². The van der Waals surface area contributed by atoms with E-state index in [0.29, 0.717) is 5.56 Å². The predicted molar refractivity (Wildman–Crippen MR) is 104 cm³/mol. The van der Waals surface area contributed by atoms with Crippen molar-refractivity contribution in [2.75, 3.05) is 7.11 Å². The quantitative estimate of drug-likeness (QED) is 0.451. The van der Waals surface area contributed by atoms with Gasteiger partial charge in [0.1, 0.15) is 0 Å². The lowest BCUT2D eigenvalue weighted by Crippen LogP contribution is -2.00. The SMILES string of the molecule is COC(=O)c1ccc(C=C(C)C=Cc2ccc3ccccc3c2)cc1. The lowest BCUT2D eigenvalue weighted by Gasteiger charge is -2.01. The normalized spacial score (nSPS) is 11.8. The number of allylic oxidation sites excluding steroid dienone is 2. The number of ether oxygens (including phenoxy) is 1. The summed E-state index contributed by atoms with van der Waals surface area (Å²) in [7, 11) is 1.39. The molecule has 124 valence electrons. The minimum atomic E-state index is -0.316. The average molecular weight is 328 g/mol. The third kappa shape index (κ3) is 4.24. The monoisotopic (exact) mass is 328 g/mol. The summed E-state index contributed by atoms with van der Waals surface area (Å²) in [5.74, 6) is -0.316. The van der Waals surface area contributed by atoms with Crippen LogP contribution in [-0.4, -0.2) is 13.1 Å². The van der Waals surface area contributed by atoms with Gasteiger partial charge in [-0.1, -0.05) is 72.3 Å². The van der Waals surface area contributed by atoms with Crippen LogP contribution in [0, 0.1) is 0 Å². The van der Waals surface area contributed by atoms with Gasteiger partial charge in [0.15, 0.2) is 0 Å². The zero-order valence-electron chi connectivity index (χ0n) is 14.4. The average Bonchev–Trinajstić information content (AvgIpc) is 2.66. The zero-order chi connectivity index (χ0) is 17.6. The summed E-state index contributed by atoms with van der Waals surface area (Å²) in [4.78, 5) is 11.5. The van der Waals surface area contributed by atoms with E-state index in [4.69, 9.17) is 4.74 Å². The summed E-state index contributed by atoms with van der Waals surface area (Å²) < 4.78 is 4.71. The number of methoxy groups -OCH3 is 1. The van der Waals surface area contributed by atoms with Crippen molar-refractivity contribution < 1.29 is 9.53 Å². The van der Waals surface area contributed by atoms with Crippen molar-refractivity contribution in [3.05, 3.63) is 95.1 Å². The molecular formula is C23H20O2. The first-order valence-corrected chi connectivity index (χ1v) is 8.19. The van der Waals surface area contributed by atoms with Crippen LogP contribution in [0.25, 0.3) is 22.9 Å². The molecule has 0 radical (unpaired) electrons. The second-order valence-electron chi connectivity index (χ2n) is 5.94. The fraction of sp³-hybridized carbons (Fsp3) is 0.0870. The fourth-order valence-electron chi connectivity index (χ4n) is 2.68. The van der Waals surface area contributed by atoms with Gasteiger partial charge in [0.2, 0.25) is 0 Å². The molecule has 3 rings (SSSR count). The van der Waals surface area contributed by atoms with Crippen LogP contribution < -0.4 is 0 Å². The van der Waals surface area contributed by atoms with E-state index in [9.17, 15) is 4.79 Å². The molecule has 0 unspecified atom stereocenters. The Hall–Kier alpha value is -3.13. The molecule has 0 atom stereocenters. The maximum absolute atomic E-state index is 11.5. The Morgan fingerprint density at radius 1 is 0.880 bits per heavy atom. The summed E-state index contributed by atoms with van der Waals surface area (Å²) in [6, 6.07) is 22.2. The van der Waals surface area contributed by atoms with E-state index in [1.165, 1.54) is 23.4 Å². The smallest absolute Gasteiger partial charge is 0.337 e. The van der Waals surface area contributed by atoms with Crippen LogP contribution in [0.2, 0.25) is 0 Å². The van der Waals surface area contributed by atoms with Crippen molar-refractivity contribution in [3.63, 3.8) is 0 Å². The number of benzene rings is 3. The maximum atomic E-state index is 11.5. The molecule has 0 heterocycles. The molecule has 2 nitrogen and oxygen atoms in total. The highest BCUT2D eigenvalue weighted by Crippen LogP contribution is 2.17. The Morgan fingerprint density at radius 3 is 2.28 bits per heavy atom. The second kappa shape index (κ2) is 7.63. The van der Waals surface area contributed by atoms with Crippen molar-refractivity contribution in [3.8, 4) is 0 Å². The summed E-state index contributed by atoms with van der Waals surface area (Å²) in [5, 5.41) is 2.49. The van der Waals surface area contributed by atoms with Crippen molar-refractivity contribution in [2.24, 2.45) is 0 Å². The Morgan fingerprint density at radius 2 is 1.56 bits per heavy atom. The summed E-state index contributed by atoms with van der Waals surface area (Å²) in [6.45, 7) is 2.06. The van der Waals surface area contributed by atoms with Crippen LogP contribution in [-0.2, 0) is 4.74 Å². The van der Waals surface area contributed by atoms with Gasteiger partial charge in [0.25, 0.3) is 0 Å². The van der Waals surface area contributed by atoms with E-state index < -0.39 is 0 Å². The van der Waals surface area contributed by atoms with Crippen molar-refractivity contribution in [1.29, 1.82) is 0 Å². The summed E-state index contributed by atoms with van der Waals surface area (Å²) in [6.07, 6.45) is 6.29. The standard InChI is InChI=1S/C23H20O2/c1-17(15-18-10-13-21(14-11-18)23(24)25-2)7-8-19-9-12-20-5-3-4-6-22(20)16-19/h3-16H,1-2H3. The summed E-state index contributed by atoms with van der Waals surface area (Å²) >= 11 is 0. The molecule has 0 spiro atoms. The van der Waals surface area contributed by atoms with E-state index in [0.717, 1.165) is 11.1 Å². The molecule has 0 N–H and O–H groups in total. The van der Waals surface area contributed by atoms with Gasteiger partial charge < -0.3 is 4.74 Å². The lowest BCUT2D eigenvalue weighted by molar-refractivity contribution is 0.0600. The number of carbonyl (C=O) groups is 1. The molecule has 0 aromatic heterocycles. The van der Waals surface area contributed by atoms with Crippen molar-refractivity contribution >= 4 is 28.9 Å². The minimum Gasteiger partial charge on any atom is -0.465 e. The van der Waals surface area contributed by atoms with Gasteiger partial charge >= 0.3 is 5.97 Å². The number of carbonyl (C=O) groups excluding carboxylic acids is 1. The molecule has 0 aliphatic carbocycles. The van der Waals surface area contributed by atoms with E-state index in [1.54, 1.807) is 12.1 Å². The number of hydrogen-bond donors (Lipinski definition) is 0. The van der Waals surface area contributed by atoms with Crippen LogP contribution in [0.5, 0.6) is 0 Å². The Balaban J connectivity index is 1.75. The molecule has 0 saturated heterocycles. The first-order valence-electron chi connectivity index (χ1n) is 8.19. The maximum Gasteiger partial charge on any atom is 0.337 e. The first kappa shape index (κ1) is 16.7. The lowest BCUT2D eigenvalue weighted by atomic mass is 10.1. The third-order valence-electron chi connectivity index (χ3n) is 4.04. The highest BCUT2D eigenvalue weighted by Gasteiger charge is 2.03. The largest absolute Gasteiger partial charge is 0.465 e. The van der Waals surface area contributed by atoms with Crippen molar-refractivity contribution in [1.82, 2.24) is 0 Å². The van der Waals surface area contributed by atoms with E-state index in [1.807, 2.05) is 12.1 Å². The molecule has 2 heteroatoms. The molecular weight excluding hydrogens is 308 g/mol. The minimum absolute atomic E-state index is 0.316. The Kier molecular flexibility index (Phi) is 5.10. The fourth-order valence-corrected chi connectivity index (χ4v) is 2.68. The Labute approximate surface area is 148 Å². The predicted octanol–water partition coefficient (Wildman–Crippen LogP) is 5.74. The first-order chi connectivity index (χ1) is 12.2. The van der Waals surface area contributed by atoms with Gasteiger partial charge in [-0.2, -0.15) is 0 Å². The number of esters is 1. The molecule has 0 aliphatic rings. The molecule has 0 fully saturated rings. The van der Waals surface area contributed by atoms with Crippen LogP contribution in [0.15, 0.2) is 78.4 Å². The summed E-state index contributed by atoms with van der Waals surface area (Å²) in [5.41, 5.74) is 3.92. The van der Waals surface area contributed by atoms with Gasteiger partial charge in [0.05, 0.1) is 12.7 Å². The molecule has 0 amide bonds. The van der Waals surface area contributed by atoms with Crippen LogP contribution >= 0.6 is 0 Å². The van der Waals surface area contributed by atoms with Crippen LogP contribution in [0.1, 0.15) is 28.4 Å². The topological polar surface area (TPSA) is 26.3 Å². The highest BCUT2D eigenvalue weighted by molar-refractivity contribution is 5.89. The van der Waals surface area contributed by atoms with Gasteiger partial charge in [0, 0.05) is 0 Å². The molecule has 25 heavy (non-hydrogen) atoms. The molecule has 0 saturated carbocycles. The second-order valence-corrected chi connectivity index (χ2v) is 5.94. The number of rotatable bonds is 4. The van der Waals surface area contributed by atoms with Crippen molar-refractivity contribution in [2.45, 2.75) is 6.92 Å². The van der Waals surface area contributed by atoms with Gasteiger partial charge in [-0.25, -0.2) is 4.79 Å². The van der Waals surface area contributed by atoms with E-state index in [-0.39, 0.29) is 5.97 Å². The molecule has 0 bridgehead atoms. The number of fused-ring (bicyclic) bond motifs is 1. The molecule has 3 aromatic rings. The highest BCUT2D eigenvalue weighted by atomic mass is 16.5. The Bertz CT molecular complexity index is 947. The van der Waals surface area contributed by atoms with E-state index in [2.05, 4.69) is 67.6 Å². The van der Waals surface area contributed by atoms with Crippen LogP contribution in [0.3, 0.4) is 0 Å². The van der Waals surface area contributed by atoms with Gasteiger partial charge in [-0.15, -0.1) is 0 Å². The third-order valence-corrected chi connectivity index (χ3v) is 4.04. The number of hydrogen-bond acceptors (Lipinski definition) is 2. The van der Waals surface area contributed by atoms with E-state index >= 15 is 0 Å². The van der Waals surface area contributed by atoms with Gasteiger partial charge in [-0.05, 0) is 47.0 Å². The molecule has 3 aromatic carbocycles. The zero-order valence-corrected chi connectivity index (χ0v) is 14.4. The molecule has 0 aliphatic heterocycles.